The summed E-state index contributed by atoms with van der Waals surface area (Å²) in [4.78, 5) is 24.1. The Kier molecular flexibility index (Phi) is 3.44. The van der Waals surface area contributed by atoms with Crippen molar-refractivity contribution in [2.75, 3.05) is 6.54 Å². The molecule has 4 nitrogen and oxygen atoms in total. The second-order valence-corrected chi connectivity index (χ2v) is 7.25. The predicted molar refractivity (Wildman–Crippen MR) is 97.7 cm³/mol. The average Bonchev–Trinajstić information content (AvgIpc) is 3.14. The molecule has 0 saturated carbocycles. The van der Waals surface area contributed by atoms with Crippen molar-refractivity contribution in [1.82, 2.24) is 9.88 Å². The molecule has 2 aromatic rings. The van der Waals surface area contributed by atoms with Crippen LogP contribution in [0, 0.1) is 0 Å². The fourth-order valence-electron chi connectivity index (χ4n) is 4.70. The lowest BCUT2D eigenvalue weighted by molar-refractivity contribution is 0.0541. The van der Waals surface area contributed by atoms with E-state index in [9.17, 15) is 4.79 Å². The molecule has 1 aliphatic carbocycles. The Bertz CT molecular complexity index is 873. The molecule has 1 aromatic carbocycles. The summed E-state index contributed by atoms with van der Waals surface area (Å²) in [7, 11) is 0. The molecule has 0 radical (unpaired) electrons. The largest absolute Gasteiger partial charge is 0.334 e. The van der Waals surface area contributed by atoms with Crippen molar-refractivity contribution in [3.63, 3.8) is 0 Å². The van der Waals surface area contributed by atoms with Crippen molar-refractivity contribution in [2.24, 2.45) is 4.99 Å². The number of fused-ring (bicyclic) bond motifs is 4. The Balaban J connectivity index is 1.46. The minimum Gasteiger partial charge on any atom is -0.334 e. The SMILES string of the molecule is O=C(c1ccc2c(n1)N=CC2)N1CCCC2c3ccccc3CC[C@@H]21. The first-order valence-corrected chi connectivity index (χ1v) is 9.22. The fraction of sp³-hybridized carbons (Fsp3) is 0.381. The van der Waals surface area contributed by atoms with E-state index in [1.54, 1.807) is 0 Å². The smallest absolute Gasteiger partial charge is 0.272 e. The minimum absolute atomic E-state index is 0.0685. The van der Waals surface area contributed by atoms with Crippen LogP contribution in [0.4, 0.5) is 5.82 Å². The lowest BCUT2D eigenvalue weighted by Gasteiger charge is -2.44. The van der Waals surface area contributed by atoms with Crippen molar-refractivity contribution in [1.29, 1.82) is 0 Å². The maximum Gasteiger partial charge on any atom is 0.272 e. The predicted octanol–water partition coefficient (Wildman–Crippen LogP) is 3.67. The Labute approximate surface area is 147 Å². The van der Waals surface area contributed by atoms with Gasteiger partial charge in [0.05, 0.1) is 0 Å². The third-order valence-corrected chi connectivity index (χ3v) is 5.90. The number of benzene rings is 1. The summed E-state index contributed by atoms with van der Waals surface area (Å²) in [6, 6.07) is 12.9. The molecule has 1 unspecified atom stereocenters. The van der Waals surface area contributed by atoms with Gasteiger partial charge in [0.2, 0.25) is 0 Å². The maximum absolute atomic E-state index is 13.2. The van der Waals surface area contributed by atoms with Gasteiger partial charge in [-0.15, -0.1) is 0 Å². The number of pyridine rings is 1. The molecule has 4 heteroatoms. The van der Waals surface area contributed by atoms with Crippen molar-refractivity contribution >= 4 is 17.9 Å². The Morgan fingerprint density at radius 2 is 2.00 bits per heavy atom. The normalized spacial score (nSPS) is 23.8. The highest BCUT2D eigenvalue weighted by molar-refractivity contribution is 5.93. The van der Waals surface area contributed by atoms with Gasteiger partial charge in [-0.3, -0.25) is 4.79 Å². The minimum atomic E-state index is 0.0685. The number of nitrogens with zero attached hydrogens (tertiary/aromatic N) is 3. The summed E-state index contributed by atoms with van der Waals surface area (Å²) >= 11 is 0. The molecule has 126 valence electrons. The highest BCUT2D eigenvalue weighted by atomic mass is 16.2. The highest BCUT2D eigenvalue weighted by Crippen LogP contribution is 2.41. The number of likely N-dealkylation sites (tertiary alicyclic amines) is 1. The van der Waals surface area contributed by atoms with Gasteiger partial charge in [-0.1, -0.05) is 30.3 Å². The summed E-state index contributed by atoms with van der Waals surface area (Å²) < 4.78 is 0. The van der Waals surface area contributed by atoms with Crippen LogP contribution in [-0.4, -0.2) is 34.6 Å². The summed E-state index contributed by atoms with van der Waals surface area (Å²) in [5, 5.41) is 0. The number of piperidine rings is 1. The number of carbonyl (C=O) groups excluding carboxylic acids is 1. The molecule has 1 amide bonds. The van der Waals surface area contributed by atoms with E-state index in [0.29, 0.717) is 23.5 Å². The standard InChI is InChI=1S/C21H21N3O/c25-21(18-9-7-15-11-12-22-20(15)23-18)24-13-3-6-17-16-5-2-1-4-14(16)8-10-19(17)24/h1-2,4-5,7,9,12,17,19H,3,6,8,10-11,13H2/t17?,19-/m0/s1. The number of amides is 1. The summed E-state index contributed by atoms with van der Waals surface area (Å²) in [5.74, 6) is 1.25. The van der Waals surface area contributed by atoms with Gasteiger partial charge in [0, 0.05) is 36.7 Å². The Hall–Kier alpha value is -2.49. The topological polar surface area (TPSA) is 45.6 Å². The second kappa shape index (κ2) is 5.80. The van der Waals surface area contributed by atoms with Crippen molar-refractivity contribution < 1.29 is 4.79 Å². The number of aliphatic imine (C=N–C) groups is 1. The van der Waals surface area contributed by atoms with Crippen molar-refractivity contribution in [3.8, 4) is 0 Å². The third-order valence-electron chi connectivity index (χ3n) is 5.90. The van der Waals surface area contributed by atoms with E-state index in [2.05, 4.69) is 39.1 Å². The van der Waals surface area contributed by atoms with Crippen LogP contribution in [0.15, 0.2) is 41.4 Å². The molecule has 1 aromatic heterocycles. The first-order valence-electron chi connectivity index (χ1n) is 9.22. The molecule has 2 aliphatic heterocycles. The van der Waals surface area contributed by atoms with Crippen LogP contribution in [0.5, 0.6) is 0 Å². The zero-order valence-corrected chi connectivity index (χ0v) is 14.2. The lowest BCUT2D eigenvalue weighted by Crippen LogP contribution is -2.49. The molecule has 3 heterocycles. The summed E-state index contributed by atoms with van der Waals surface area (Å²) in [6.07, 6.45) is 7.03. The van der Waals surface area contributed by atoms with Gasteiger partial charge >= 0.3 is 0 Å². The van der Waals surface area contributed by atoms with Crippen molar-refractivity contribution in [2.45, 2.75) is 44.1 Å². The van der Waals surface area contributed by atoms with E-state index in [-0.39, 0.29) is 5.91 Å². The number of hydrogen-bond acceptors (Lipinski definition) is 3. The number of carbonyl (C=O) groups is 1. The molecule has 0 bridgehead atoms. The van der Waals surface area contributed by atoms with Gasteiger partial charge in [0.15, 0.2) is 5.82 Å². The summed E-state index contributed by atoms with van der Waals surface area (Å²) in [5.41, 5.74) is 4.56. The lowest BCUT2D eigenvalue weighted by atomic mass is 9.74. The molecule has 3 aliphatic rings. The van der Waals surface area contributed by atoms with Crippen LogP contribution >= 0.6 is 0 Å². The Morgan fingerprint density at radius 1 is 1.08 bits per heavy atom. The number of rotatable bonds is 1. The molecule has 5 rings (SSSR count). The Morgan fingerprint density at radius 3 is 2.96 bits per heavy atom. The third kappa shape index (κ3) is 2.39. The fourth-order valence-corrected chi connectivity index (χ4v) is 4.70. The van der Waals surface area contributed by atoms with Gasteiger partial charge in [-0.05, 0) is 42.9 Å². The van der Waals surface area contributed by atoms with Gasteiger partial charge < -0.3 is 4.90 Å². The van der Waals surface area contributed by atoms with Crippen LogP contribution in [-0.2, 0) is 12.8 Å². The van der Waals surface area contributed by atoms with E-state index < -0.39 is 0 Å². The molecule has 0 spiro atoms. The van der Waals surface area contributed by atoms with Gasteiger partial charge in [0.1, 0.15) is 5.69 Å². The average molecular weight is 331 g/mol. The molecule has 0 N–H and O–H groups in total. The second-order valence-electron chi connectivity index (χ2n) is 7.25. The number of aryl methyl sites for hydroxylation is 1. The van der Waals surface area contributed by atoms with E-state index in [0.717, 1.165) is 37.8 Å². The van der Waals surface area contributed by atoms with Crippen LogP contribution in [0.3, 0.4) is 0 Å². The van der Waals surface area contributed by atoms with E-state index in [1.807, 2.05) is 18.3 Å². The molecule has 2 atom stereocenters. The van der Waals surface area contributed by atoms with Crippen LogP contribution < -0.4 is 0 Å². The number of aromatic nitrogens is 1. The van der Waals surface area contributed by atoms with E-state index in [1.165, 1.54) is 17.5 Å². The quantitative estimate of drug-likeness (QED) is 0.800. The van der Waals surface area contributed by atoms with Crippen LogP contribution in [0.2, 0.25) is 0 Å². The van der Waals surface area contributed by atoms with Gasteiger partial charge in [-0.25, -0.2) is 9.98 Å². The molecular formula is C21H21N3O. The zero-order valence-electron chi connectivity index (χ0n) is 14.2. The maximum atomic E-state index is 13.2. The van der Waals surface area contributed by atoms with Gasteiger partial charge in [0.25, 0.3) is 5.91 Å². The first kappa shape index (κ1) is 14.8. The molecule has 1 fully saturated rings. The molecular weight excluding hydrogens is 310 g/mol. The number of hydrogen-bond donors (Lipinski definition) is 0. The van der Waals surface area contributed by atoms with Crippen LogP contribution in [0.25, 0.3) is 0 Å². The highest BCUT2D eigenvalue weighted by Gasteiger charge is 2.38. The first-order chi connectivity index (χ1) is 12.3. The molecule has 1 saturated heterocycles. The van der Waals surface area contributed by atoms with Crippen molar-refractivity contribution in [3.05, 3.63) is 58.8 Å². The zero-order chi connectivity index (χ0) is 16.8. The van der Waals surface area contributed by atoms with E-state index in [4.69, 9.17) is 0 Å². The monoisotopic (exact) mass is 331 g/mol. The van der Waals surface area contributed by atoms with Crippen LogP contribution in [0.1, 0.15) is 52.4 Å². The summed E-state index contributed by atoms with van der Waals surface area (Å²) in [6.45, 7) is 0.837. The molecule has 25 heavy (non-hydrogen) atoms. The van der Waals surface area contributed by atoms with Gasteiger partial charge in [-0.2, -0.15) is 0 Å². The van der Waals surface area contributed by atoms with E-state index >= 15 is 0 Å².